The van der Waals surface area contributed by atoms with Crippen molar-refractivity contribution in [3.05, 3.63) is 58.6 Å². The fourth-order valence-electron chi connectivity index (χ4n) is 1.54. The molecule has 0 aliphatic carbocycles. The number of benzene rings is 2. The van der Waals surface area contributed by atoms with Gasteiger partial charge in [0, 0.05) is 10.0 Å². The van der Waals surface area contributed by atoms with E-state index in [2.05, 4.69) is 21.2 Å². The van der Waals surface area contributed by atoms with Crippen molar-refractivity contribution in [2.75, 3.05) is 11.9 Å². The molecule has 0 aliphatic heterocycles. The zero-order valence-corrected chi connectivity index (χ0v) is 12.1. The third-order valence-electron chi connectivity index (χ3n) is 2.53. The molecule has 1 N–H and O–H groups in total. The molecular formula is C15H12BrNO3. The number of hydrogen-bond donors (Lipinski definition) is 1. The Morgan fingerprint density at radius 2 is 1.85 bits per heavy atom. The maximum Gasteiger partial charge on any atom is 0.262 e. The largest absolute Gasteiger partial charge is 0.484 e. The van der Waals surface area contributed by atoms with Gasteiger partial charge in [-0.05, 0) is 52.3 Å². The highest BCUT2D eigenvalue weighted by atomic mass is 79.9. The maximum atomic E-state index is 11.7. The van der Waals surface area contributed by atoms with Gasteiger partial charge in [0.1, 0.15) is 12.0 Å². The number of hydrogen-bond acceptors (Lipinski definition) is 3. The van der Waals surface area contributed by atoms with E-state index in [1.807, 2.05) is 18.2 Å². The van der Waals surface area contributed by atoms with Crippen LogP contribution in [0.5, 0.6) is 5.75 Å². The Labute approximate surface area is 124 Å². The Hall–Kier alpha value is -2.14. The van der Waals surface area contributed by atoms with Gasteiger partial charge in [0.15, 0.2) is 6.61 Å². The molecule has 2 aromatic rings. The first kappa shape index (κ1) is 14.3. The highest BCUT2D eigenvalue weighted by molar-refractivity contribution is 9.10. The predicted molar refractivity (Wildman–Crippen MR) is 80.1 cm³/mol. The molecule has 1 amide bonds. The van der Waals surface area contributed by atoms with Crippen LogP contribution < -0.4 is 10.1 Å². The van der Waals surface area contributed by atoms with E-state index in [1.165, 1.54) is 0 Å². The second-order valence-electron chi connectivity index (χ2n) is 4.00. The molecule has 2 rings (SSSR count). The quantitative estimate of drug-likeness (QED) is 0.854. The lowest BCUT2D eigenvalue weighted by atomic mass is 10.2. The van der Waals surface area contributed by atoms with Gasteiger partial charge in [-0.15, -0.1) is 0 Å². The lowest BCUT2D eigenvalue weighted by Crippen LogP contribution is -2.20. The van der Waals surface area contributed by atoms with Crippen LogP contribution in [0, 0.1) is 0 Å². The first-order valence-electron chi connectivity index (χ1n) is 5.91. The van der Waals surface area contributed by atoms with Gasteiger partial charge in [-0.25, -0.2) is 0 Å². The smallest absolute Gasteiger partial charge is 0.262 e. The molecule has 20 heavy (non-hydrogen) atoms. The second-order valence-corrected chi connectivity index (χ2v) is 4.86. The number of aldehydes is 1. The van der Waals surface area contributed by atoms with E-state index < -0.39 is 0 Å². The first-order chi connectivity index (χ1) is 9.69. The molecule has 2 aromatic carbocycles. The van der Waals surface area contributed by atoms with Crippen LogP contribution in [0.2, 0.25) is 0 Å². The summed E-state index contributed by atoms with van der Waals surface area (Å²) in [5.74, 6) is 0.286. The van der Waals surface area contributed by atoms with E-state index in [9.17, 15) is 9.59 Å². The van der Waals surface area contributed by atoms with Gasteiger partial charge in [0.25, 0.3) is 5.91 Å². The molecule has 4 nitrogen and oxygen atoms in total. The Morgan fingerprint density at radius 1 is 1.15 bits per heavy atom. The van der Waals surface area contributed by atoms with Crippen LogP contribution in [0.15, 0.2) is 53.0 Å². The minimum atomic E-state index is -0.253. The van der Waals surface area contributed by atoms with Crippen molar-refractivity contribution >= 4 is 33.8 Å². The number of para-hydroxylation sites is 1. The summed E-state index contributed by atoms with van der Waals surface area (Å²) in [6.07, 6.45) is 0.753. The summed E-state index contributed by atoms with van der Waals surface area (Å²) >= 11 is 3.35. The summed E-state index contributed by atoms with van der Waals surface area (Å²) in [4.78, 5) is 22.3. The number of rotatable bonds is 5. The molecule has 0 atom stereocenters. The standard InChI is InChI=1S/C15H12BrNO3/c16-13-3-1-2-4-14(13)17-15(19)10-20-12-7-5-11(9-18)6-8-12/h1-9H,10H2,(H,17,19). The van der Waals surface area contributed by atoms with E-state index in [1.54, 1.807) is 30.3 Å². The van der Waals surface area contributed by atoms with Gasteiger partial charge >= 0.3 is 0 Å². The van der Waals surface area contributed by atoms with E-state index in [4.69, 9.17) is 4.74 Å². The summed E-state index contributed by atoms with van der Waals surface area (Å²) in [6, 6.07) is 13.9. The summed E-state index contributed by atoms with van der Waals surface area (Å²) in [7, 11) is 0. The Morgan fingerprint density at radius 3 is 2.50 bits per heavy atom. The minimum absolute atomic E-state index is 0.0955. The molecule has 0 bridgehead atoms. The Bertz CT molecular complexity index is 611. The van der Waals surface area contributed by atoms with E-state index in [0.717, 1.165) is 10.8 Å². The van der Waals surface area contributed by atoms with Crippen LogP contribution in [0.25, 0.3) is 0 Å². The minimum Gasteiger partial charge on any atom is -0.484 e. The number of nitrogens with one attached hydrogen (secondary N) is 1. The molecule has 102 valence electrons. The predicted octanol–water partition coefficient (Wildman–Crippen LogP) is 3.28. The molecular weight excluding hydrogens is 322 g/mol. The fraction of sp³-hybridized carbons (Fsp3) is 0.0667. The van der Waals surface area contributed by atoms with Crippen LogP contribution in [0.4, 0.5) is 5.69 Å². The van der Waals surface area contributed by atoms with Crippen LogP contribution >= 0.6 is 15.9 Å². The second kappa shape index (κ2) is 6.86. The van der Waals surface area contributed by atoms with Gasteiger partial charge in [-0.1, -0.05) is 12.1 Å². The first-order valence-corrected chi connectivity index (χ1v) is 6.71. The average Bonchev–Trinajstić information content (AvgIpc) is 2.48. The zero-order valence-electron chi connectivity index (χ0n) is 10.5. The highest BCUT2D eigenvalue weighted by Gasteiger charge is 2.06. The van der Waals surface area contributed by atoms with Crippen molar-refractivity contribution in [2.45, 2.75) is 0 Å². The third-order valence-corrected chi connectivity index (χ3v) is 3.23. The number of carbonyl (C=O) groups excluding carboxylic acids is 2. The number of amides is 1. The van der Waals surface area contributed by atoms with Crippen LogP contribution in [-0.2, 0) is 4.79 Å². The van der Waals surface area contributed by atoms with E-state index >= 15 is 0 Å². The number of halogens is 1. The average molecular weight is 334 g/mol. The van der Waals surface area contributed by atoms with Crippen molar-refractivity contribution in [1.82, 2.24) is 0 Å². The summed E-state index contributed by atoms with van der Waals surface area (Å²) in [5, 5.41) is 2.74. The van der Waals surface area contributed by atoms with Gasteiger partial charge in [0.2, 0.25) is 0 Å². The summed E-state index contributed by atoms with van der Waals surface area (Å²) in [5.41, 5.74) is 1.26. The molecule has 0 heterocycles. The third kappa shape index (κ3) is 3.93. The van der Waals surface area contributed by atoms with E-state index in [-0.39, 0.29) is 12.5 Å². The van der Waals surface area contributed by atoms with Crippen molar-refractivity contribution in [3.8, 4) is 5.75 Å². The number of ether oxygens (including phenoxy) is 1. The van der Waals surface area contributed by atoms with Crippen LogP contribution in [0.1, 0.15) is 10.4 Å². The molecule has 0 aliphatic rings. The van der Waals surface area contributed by atoms with Crippen molar-refractivity contribution < 1.29 is 14.3 Å². The summed E-state index contributed by atoms with van der Waals surface area (Å²) < 4.78 is 6.15. The molecule has 0 saturated heterocycles. The lowest BCUT2D eigenvalue weighted by molar-refractivity contribution is -0.118. The molecule has 0 unspecified atom stereocenters. The van der Waals surface area contributed by atoms with Crippen molar-refractivity contribution in [2.24, 2.45) is 0 Å². The van der Waals surface area contributed by atoms with Crippen LogP contribution in [-0.4, -0.2) is 18.8 Å². The van der Waals surface area contributed by atoms with Gasteiger partial charge < -0.3 is 10.1 Å². The Balaban J connectivity index is 1.88. The highest BCUT2D eigenvalue weighted by Crippen LogP contribution is 2.21. The topological polar surface area (TPSA) is 55.4 Å². The molecule has 0 saturated carbocycles. The van der Waals surface area contributed by atoms with Crippen molar-refractivity contribution in [1.29, 1.82) is 0 Å². The fourth-order valence-corrected chi connectivity index (χ4v) is 1.92. The molecule has 0 spiro atoms. The normalized spacial score (nSPS) is 9.85. The van der Waals surface area contributed by atoms with E-state index in [0.29, 0.717) is 17.0 Å². The number of carbonyl (C=O) groups is 2. The van der Waals surface area contributed by atoms with Gasteiger partial charge in [-0.3, -0.25) is 9.59 Å². The number of anilines is 1. The SMILES string of the molecule is O=Cc1ccc(OCC(=O)Nc2ccccc2Br)cc1. The molecule has 0 radical (unpaired) electrons. The molecule has 5 heteroatoms. The lowest BCUT2D eigenvalue weighted by Gasteiger charge is -2.08. The molecule has 0 fully saturated rings. The van der Waals surface area contributed by atoms with Gasteiger partial charge in [0.05, 0.1) is 5.69 Å². The zero-order chi connectivity index (χ0) is 14.4. The van der Waals surface area contributed by atoms with Crippen LogP contribution in [0.3, 0.4) is 0 Å². The van der Waals surface area contributed by atoms with Gasteiger partial charge in [-0.2, -0.15) is 0 Å². The monoisotopic (exact) mass is 333 g/mol. The summed E-state index contributed by atoms with van der Waals surface area (Å²) in [6.45, 7) is -0.0955. The molecule has 0 aromatic heterocycles. The Kier molecular flexibility index (Phi) is 4.90. The maximum absolute atomic E-state index is 11.7. The van der Waals surface area contributed by atoms with Crippen molar-refractivity contribution in [3.63, 3.8) is 0 Å².